The van der Waals surface area contributed by atoms with E-state index < -0.39 is 27.3 Å². The molecular formula is C35H53F2N5O2Sn. The average Bonchev–Trinajstić information content (AvgIpc) is 3.39. The Morgan fingerprint density at radius 1 is 1.02 bits per heavy atom. The third kappa shape index (κ3) is 7.10. The molecule has 0 amide bonds. The fourth-order valence-corrected chi connectivity index (χ4v) is 13.6. The van der Waals surface area contributed by atoms with Crippen molar-refractivity contribution in [3.63, 3.8) is 0 Å². The van der Waals surface area contributed by atoms with E-state index in [2.05, 4.69) is 30.6 Å². The topological polar surface area (TPSA) is 63.6 Å². The third-order valence-corrected chi connectivity index (χ3v) is 16.2. The second-order valence-corrected chi connectivity index (χ2v) is 19.3. The molecule has 4 aliphatic rings. The van der Waals surface area contributed by atoms with Crippen LogP contribution in [-0.4, -0.2) is 98.2 Å². The van der Waals surface area contributed by atoms with Gasteiger partial charge in [0, 0.05) is 0 Å². The molecule has 248 valence electrons. The summed E-state index contributed by atoms with van der Waals surface area (Å²) >= 11 is -1.45. The fraction of sp³-hybridized carbons (Fsp3) is 0.800. The number of unbranched alkanes of at least 4 members (excludes halogenated alkanes) is 3. The molecule has 3 atom stereocenters. The molecule has 2 radical (unpaired) electrons. The van der Waals surface area contributed by atoms with E-state index in [0.717, 1.165) is 85.1 Å². The minimum absolute atomic E-state index is 0.156. The molecule has 0 N–H and O–H groups in total. The van der Waals surface area contributed by atoms with Crippen LogP contribution in [0.15, 0.2) is 0 Å². The quantitative estimate of drug-likeness (QED) is 0.200. The number of hydrogen-bond donors (Lipinski definition) is 0. The van der Waals surface area contributed by atoms with Crippen molar-refractivity contribution >= 4 is 41.6 Å². The van der Waals surface area contributed by atoms with Crippen LogP contribution >= 0.6 is 0 Å². The molecule has 0 unspecified atom stereocenters. The second-order valence-electron chi connectivity index (χ2n) is 14.2. The van der Waals surface area contributed by atoms with Crippen molar-refractivity contribution in [2.24, 2.45) is 0 Å². The van der Waals surface area contributed by atoms with Gasteiger partial charge in [-0.2, -0.15) is 0 Å². The van der Waals surface area contributed by atoms with Crippen LogP contribution in [-0.2, 0) is 11.2 Å². The number of aryl methyl sites for hydroxylation is 1. The van der Waals surface area contributed by atoms with Gasteiger partial charge < -0.3 is 0 Å². The van der Waals surface area contributed by atoms with E-state index in [1.807, 2.05) is 0 Å². The zero-order valence-corrected chi connectivity index (χ0v) is 30.7. The Morgan fingerprint density at radius 2 is 1.78 bits per heavy atom. The molecule has 7 nitrogen and oxygen atoms in total. The van der Waals surface area contributed by atoms with Crippen LogP contribution in [0.25, 0.3) is 10.9 Å². The number of pyridine rings is 1. The van der Waals surface area contributed by atoms with Crippen molar-refractivity contribution in [2.45, 2.75) is 138 Å². The van der Waals surface area contributed by atoms with Crippen LogP contribution in [0.2, 0.25) is 3.43 Å². The number of rotatable bonds is 14. The maximum atomic E-state index is 17.0. The van der Waals surface area contributed by atoms with Gasteiger partial charge in [-0.25, -0.2) is 0 Å². The van der Waals surface area contributed by atoms with E-state index in [1.54, 1.807) is 0 Å². The number of ether oxygens (including phenoxy) is 2. The fourth-order valence-electron chi connectivity index (χ4n) is 8.40. The number of hydrogen-bond acceptors (Lipinski definition) is 7. The first kappa shape index (κ1) is 33.6. The van der Waals surface area contributed by atoms with Crippen molar-refractivity contribution in [3.05, 3.63) is 11.5 Å². The number of halogens is 2. The molecule has 10 heteroatoms. The number of nitrogens with zero attached hydrogens (tertiary/aromatic N) is 5. The Bertz CT molecular complexity index is 1290. The first-order valence-corrected chi connectivity index (χ1v) is 20.8. The van der Waals surface area contributed by atoms with Gasteiger partial charge in [-0.05, 0) is 0 Å². The Kier molecular flexibility index (Phi) is 11.1. The first-order valence-electron chi connectivity index (χ1n) is 18.0. The summed E-state index contributed by atoms with van der Waals surface area (Å²) in [5.74, 6) is 0.503. The maximum absolute atomic E-state index is 17.0. The zero-order valence-electron chi connectivity index (χ0n) is 27.8. The molecular weight excluding hydrogens is 679 g/mol. The van der Waals surface area contributed by atoms with E-state index in [0.29, 0.717) is 38.3 Å². The molecule has 0 aliphatic carbocycles. The van der Waals surface area contributed by atoms with Gasteiger partial charge in [0.15, 0.2) is 0 Å². The predicted octanol–water partition coefficient (Wildman–Crippen LogP) is 6.72. The van der Waals surface area contributed by atoms with Crippen molar-refractivity contribution in [3.8, 4) is 6.01 Å². The van der Waals surface area contributed by atoms with Crippen LogP contribution in [0, 0.1) is 5.82 Å². The van der Waals surface area contributed by atoms with Gasteiger partial charge in [0.25, 0.3) is 0 Å². The van der Waals surface area contributed by atoms with Crippen LogP contribution in [0.1, 0.15) is 116 Å². The molecule has 2 aromatic heterocycles. The number of aromatic nitrogens is 3. The molecule has 0 spiro atoms. The third-order valence-electron chi connectivity index (χ3n) is 10.9. The molecule has 3 fully saturated rings. The predicted molar refractivity (Wildman–Crippen MR) is 177 cm³/mol. The number of alkyl halides is 1. The van der Waals surface area contributed by atoms with E-state index in [9.17, 15) is 4.39 Å². The summed E-state index contributed by atoms with van der Waals surface area (Å²) in [6, 6.07) is 0.372. The van der Waals surface area contributed by atoms with E-state index in [-0.39, 0.29) is 26.8 Å². The molecule has 3 saturated heterocycles. The summed E-state index contributed by atoms with van der Waals surface area (Å²) in [5, 5.41) is 0.763. The van der Waals surface area contributed by atoms with Crippen LogP contribution in [0.4, 0.5) is 14.6 Å². The monoisotopic (exact) mass is 733 g/mol. The van der Waals surface area contributed by atoms with Crippen LogP contribution in [0.5, 0.6) is 6.01 Å². The van der Waals surface area contributed by atoms with Gasteiger partial charge in [0.1, 0.15) is 0 Å². The Labute approximate surface area is 278 Å². The summed E-state index contributed by atoms with van der Waals surface area (Å²) in [5.41, 5.74) is 1.01. The van der Waals surface area contributed by atoms with Crippen molar-refractivity contribution < 1.29 is 18.3 Å². The van der Waals surface area contributed by atoms with Crippen molar-refractivity contribution in [1.29, 1.82) is 0 Å². The van der Waals surface area contributed by atoms with Gasteiger partial charge in [0.05, 0.1) is 0 Å². The number of fused-ring (bicyclic) bond motifs is 3. The average molecular weight is 733 g/mol. The summed E-state index contributed by atoms with van der Waals surface area (Å²) in [6.07, 6.45) is 14.7. The minimum atomic E-state index is -1.45. The summed E-state index contributed by atoms with van der Waals surface area (Å²) in [6.45, 7) is 10.6. The Balaban J connectivity index is 1.42. The van der Waals surface area contributed by atoms with Gasteiger partial charge in [-0.3, -0.25) is 0 Å². The zero-order chi connectivity index (χ0) is 31.4. The molecule has 2 aromatic rings. The number of anilines is 1. The molecule has 4 aliphatic heterocycles. The van der Waals surface area contributed by atoms with Crippen LogP contribution < -0.4 is 13.3 Å². The van der Waals surface area contributed by atoms with Gasteiger partial charge in [-0.15, -0.1) is 0 Å². The van der Waals surface area contributed by atoms with Crippen molar-refractivity contribution in [2.75, 3.05) is 44.4 Å². The van der Waals surface area contributed by atoms with Crippen molar-refractivity contribution in [1.82, 2.24) is 19.9 Å². The Hall–Kier alpha value is -1.33. The molecule has 6 heterocycles. The molecule has 6 rings (SSSR count). The molecule has 0 saturated carbocycles. The summed E-state index contributed by atoms with van der Waals surface area (Å²) < 4.78 is 44.9. The van der Waals surface area contributed by atoms with Gasteiger partial charge in [-0.1, -0.05) is 0 Å². The second kappa shape index (κ2) is 14.8. The SMILES string of the molecule is CCCC[C](CCCC)(CCCC)[Sn][c]1nc2c3c(nc(OC[C@@]45CCCN4C[C@H](F)C5)nc3c1F)N1CCCOC[C@@H]1CC2. The van der Waals surface area contributed by atoms with Crippen LogP contribution in [0.3, 0.4) is 0 Å². The van der Waals surface area contributed by atoms with Gasteiger partial charge >= 0.3 is 280 Å². The molecule has 0 aromatic carbocycles. The first-order chi connectivity index (χ1) is 21.9. The normalized spacial score (nSPS) is 25.3. The summed E-state index contributed by atoms with van der Waals surface area (Å²) in [7, 11) is 0. The standard InChI is InChI=1S/C22H26F2N5O2.C13H27.Sn/c23-14-9-22(5-1-6-28(22)11-14)13-31-21-26-19-16(24)10-25-17-4-3-15-12-30-8-2-7-29(15)20(27-21)18(17)19;1-4-7-10-13(11-8-5-2)12-9-6-3;/h14-15H,1-9,11-13H2;4-12H2,1-3H3;/t14-,15+,22+;;/m1../s1. The van der Waals surface area contributed by atoms with E-state index in [4.69, 9.17) is 24.4 Å². The Morgan fingerprint density at radius 3 is 2.51 bits per heavy atom. The van der Waals surface area contributed by atoms with E-state index in [1.165, 1.54) is 38.5 Å². The van der Waals surface area contributed by atoms with Gasteiger partial charge in [0.2, 0.25) is 0 Å². The summed E-state index contributed by atoms with van der Waals surface area (Å²) in [4.78, 5) is 19.6. The van der Waals surface area contributed by atoms with E-state index >= 15 is 4.39 Å². The molecule has 45 heavy (non-hydrogen) atoms. The molecule has 0 bridgehead atoms.